The van der Waals surface area contributed by atoms with Gasteiger partial charge in [-0.2, -0.15) is 5.26 Å². The molecule has 0 saturated carbocycles. The quantitative estimate of drug-likeness (QED) is 0.586. The van der Waals surface area contributed by atoms with Crippen LogP contribution in [0, 0.1) is 11.3 Å². The highest BCUT2D eigenvalue weighted by Crippen LogP contribution is 2.15. The highest BCUT2D eigenvalue weighted by atomic mass is 127. The molecule has 0 spiro atoms. The number of hydrogen-bond donors (Lipinski definition) is 1. The number of nitrogens with one attached hydrogen (secondary N) is 1. The number of nitriles is 1. The van der Waals surface area contributed by atoms with E-state index >= 15 is 0 Å². The van der Waals surface area contributed by atoms with Gasteiger partial charge in [0, 0.05) is 17.1 Å². The van der Waals surface area contributed by atoms with Gasteiger partial charge in [0.05, 0.1) is 5.56 Å². The third kappa shape index (κ3) is 2.01. The van der Waals surface area contributed by atoms with Gasteiger partial charge in [0.25, 0.3) is 0 Å². The first kappa shape index (κ1) is 10.1. The summed E-state index contributed by atoms with van der Waals surface area (Å²) >= 11 is 2.15. The van der Waals surface area contributed by atoms with E-state index in [-0.39, 0.29) is 0 Å². The van der Waals surface area contributed by atoms with Gasteiger partial charge in [-0.1, -0.05) is 40.8 Å². The van der Waals surface area contributed by atoms with Crippen LogP contribution in [0.15, 0.2) is 30.5 Å². The summed E-state index contributed by atoms with van der Waals surface area (Å²) in [4.78, 5) is 4.99. The zero-order chi connectivity index (χ0) is 9.68. The molecule has 1 N–H and O–H groups in total. The average molecular weight is 284 g/mol. The number of H-pyrrole nitrogens is 1. The zero-order valence-electron chi connectivity index (χ0n) is 7.21. The molecular formula is C10H9IN2. The van der Waals surface area contributed by atoms with E-state index in [0.717, 1.165) is 10.9 Å². The van der Waals surface area contributed by atoms with Gasteiger partial charge in [-0.3, -0.25) is 0 Å². The van der Waals surface area contributed by atoms with Crippen LogP contribution < -0.4 is 0 Å². The lowest BCUT2D eigenvalue weighted by Gasteiger charge is -1.85. The Morgan fingerprint density at radius 1 is 1.31 bits per heavy atom. The highest BCUT2D eigenvalue weighted by Gasteiger charge is 1.98. The summed E-state index contributed by atoms with van der Waals surface area (Å²) in [5.41, 5.74) is 1.73. The third-order valence-electron chi connectivity index (χ3n) is 1.71. The largest absolute Gasteiger partial charge is 0.360 e. The molecule has 0 fully saturated rings. The van der Waals surface area contributed by atoms with Gasteiger partial charge in [0.2, 0.25) is 0 Å². The molecule has 0 radical (unpaired) electrons. The van der Waals surface area contributed by atoms with Crippen molar-refractivity contribution in [3.05, 3.63) is 36.0 Å². The van der Waals surface area contributed by atoms with Crippen molar-refractivity contribution in [2.45, 2.75) is 0 Å². The number of halogens is 1. The lowest BCUT2D eigenvalue weighted by Crippen LogP contribution is -1.66. The van der Waals surface area contributed by atoms with Crippen LogP contribution >= 0.6 is 22.6 Å². The summed E-state index contributed by atoms with van der Waals surface area (Å²) < 4.78 is 0. The molecule has 0 atom stereocenters. The summed E-state index contributed by atoms with van der Waals surface area (Å²) in [6.07, 6.45) is 1.73. The Morgan fingerprint density at radius 3 is 2.69 bits per heavy atom. The molecule has 0 aliphatic rings. The molecule has 2 nitrogen and oxygen atoms in total. The standard InChI is InChI=1S/C9H6N2.CH3I/c10-5-7-6-11-9-4-2-1-3-8(7)9;1-2/h1-4,6,11H;1H3. The highest BCUT2D eigenvalue weighted by molar-refractivity contribution is 14.1. The molecule has 0 unspecified atom stereocenters. The predicted octanol–water partition coefficient (Wildman–Crippen LogP) is 3.09. The minimum absolute atomic E-state index is 0.709. The molecule has 0 aliphatic carbocycles. The van der Waals surface area contributed by atoms with Crippen molar-refractivity contribution in [1.82, 2.24) is 4.98 Å². The van der Waals surface area contributed by atoms with Crippen LogP contribution in [0.4, 0.5) is 0 Å². The molecule has 1 aromatic heterocycles. The fourth-order valence-electron chi connectivity index (χ4n) is 1.16. The minimum Gasteiger partial charge on any atom is -0.360 e. The van der Waals surface area contributed by atoms with Gasteiger partial charge in [-0.05, 0) is 11.0 Å². The van der Waals surface area contributed by atoms with E-state index < -0.39 is 0 Å². The first-order chi connectivity index (χ1) is 6.42. The Kier molecular flexibility index (Phi) is 3.77. The van der Waals surface area contributed by atoms with Crippen molar-refractivity contribution in [2.75, 3.05) is 4.93 Å². The van der Waals surface area contributed by atoms with Crippen LogP contribution in [0.3, 0.4) is 0 Å². The molecule has 2 rings (SSSR count). The van der Waals surface area contributed by atoms with E-state index in [1.807, 2.05) is 29.2 Å². The van der Waals surface area contributed by atoms with Crippen molar-refractivity contribution in [1.29, 1.82) is 5.26 Å². The number of aromatic amines is 1. The van der Waals surface area contributed by atoms with Crippen LogP contribution in [-0.4, -0.2) is 9.91 Å². The summed E-state index contributed by atoms with van der Waals surface area (Å²) in [5, 5.41) is 9.65. The van der Waals surface area contributed by atoms with Crippen molar-refractivity contribution in [2.24, 2.45) is 0 Å². The van der Waals surface area contributed by atoms with Gasteiger partial charge in [-0.25, -0.2) is 0 Å². The van der Waals surface area contributed by atoms with Gasteiger partial charge in [0.15, 0.2) is 0 Å². The van der Waals surface area contributed by atoms with Crippen LogP contribution in [0.2, 0.25) is 0 Å². The van der Waals surface area contributed by atoms with Crippen molar-refractivity contribution in [3.63, 3.8) is 0 Å². The van der Waals surface area contributed by atoms with E-state index in [4.69, 9.17) is 5.26 Å². The molecule has 2 aromatic rings. The lowest BCUT2D eigenvalue weighted by atomic mass is 10.2. The number of nitrogens with zero attached hydrogens (tertiary/aromatic N) is 1. The second-order valence-corrected chi connectivity index (χ2v) is 2.36. The average Bonchev–Trinajstić information content (AvgIpc) is 2.64. The number of para-hydroxylation sites is 1. The molecule has 66 valence electrons. The van der Waals surface area contributed by atoms with Crippen molar-refractivity contribution in [3.8, 4) is 6.07 Å². The molecule has 0 saturated heterocycles. The molecule has 13 heavy (non-hydrogen) atoms. The zero-order valence-corrected chi connectivity index (χ0v) is 9.37. The second-order valence-electron chi connectivity index (χ2n) is 2.36. The fraction of sp³-hybridized carbons (Fsp3) is 0.100. The monoisotopic (exact) mass is 284 g/mol. The van der Waals surface area contributed by atoms with Gasteiger partial charge in [0.1, 0.15) is 6.07 Å². The van der Waals surface area contributed by atoms with Crippen LogP contribution in [-0.2, 0) is 0 Å². The normalized spacial score (nSPS) is 8.69. The molecule has 0 bridgehead atoms. The smallest absolute Gasteiger partial charge is 0.101 e. The maximum atomic E-state index is 8.65. The van der Waals surface area contributed by atoms with Crippen molar-refractivity contribution >= 4 is 33.5 Å². The predicted molar refractivity (Wildman–Crippen MR) is 63.0 cm³/mol. The summed E-state index contributed by atoms with van der Waals surface area (Å²) in [6, 6.07) is 9.88. The topological polar surface area (TPSA) is 39.6 Å². The SMILES string of the molecule is CI.N#Cc1c[nH]c2ccccc12. The number of hydrogen-bond acceptors (Lipinski definition) is 1. The number of alkyl halides is 1. The summed E-state index contributed by atoms with van der Waals surface area (Å²) in [6.45, 7) is 0. The Bertz CT molecular complexity index is 426. The Balaban J connectivity index is 0.000000396. The Hall–Kier alpha value is -1.02. The third-order valence-corrected chi connectivity index (χ3v) is 1.71. The maximum absolute atomic E-state index is 8.65. The molecule has 3 heteroatoms. The van der Waals surface area contributed by atoms with Crippen molar-refractivity contribution < 1.29 is 0 Å². The van der Waals surface area contributed by atoms with E-state index in [0.29, 0.717) is 5.56 Å². The van der Waals surface area contributed by atoms with E-state index in [2.05, 4.69) is 33.6 Å². The van der Waals surface area contributed by atoms with E-state index in [9.17, 15) is 0 Å². The molecular weight excluding hydrogens is 275 g/mol. The molecule has 0 aliphatic heterocycles. The second kappa shape index (κ2) is 4.87. The fourth-order valence-corrected chi connectivity index (χ4v) is 1.16. The number of benzene rings is 1. The van der Waals surface area contributed by atoms with Gasteiger partial charge < -0.3 is 4.98 Å². The first-order valence-corrected chi connectivity index (χ1v) is 5.91. The van der Waals surface area contributed by atoms with E-state index in [1.165, 1.54) is 0 Å². The van der Waals surface area contributed by atoms with Crippen LogP contribution in [0.1, 0.15) is 5.56 Å². The van der Waals surface area contributed by atoms with Crippen LogP contribution in [0.25, 0.3) is 10.9 Å². The maximum Gasteiger partial charge on any atom is 0.101 e. The van der Waals surface area contributed by atoms with Gasteiger partial charge >= 0.3 is 0 Å². The lowest BCUT2D eigenvalue weighted by molar-refractivity contribution is 1.45. The van der Waals surface area contributed by atoms with E-state index in [1.54, 1.807) is 6.20 Å². The molecule has 0 amide bonds. The summed E-state index contributed by atoms with van der Waals surface area (Å²) in [7, 11) is 0. The molecule has 1 aromatic carbocycles. The molecule has 1 heterocycles. The number of aromatic nitrogens is 1. The van der Waals surface area contributed by atoms with Crippen LogP contribution in [0.5, 0.6) is 0 Å². The number of rotatable bonds is 0. The number of fused-ring (bicyclic) bond motifs is 1. The Labute approximate surface area is 90.7 Å². The minimum atomic E-state index is 0.709. The van der Waals surface area contributed by atoms with Gasteiger partial charge in [-0.15, -0.1) is 0 Å². The Morgan fingerprint density at radius 2 is 2.00 bits per heavy atom. The first-order valence-electron chi connectivity index (χ1n) is 3.76. The summed E-state index contributed by atoms with van der Waals surface area (Å²) in [5.74, 6) is 0.